The topological polar surface area (TPSA) is 148 Å². The number of imidazole rings is 1. The Morgan fingerprint density at radius 3 is 2.39 bits per heavy atom. The van der Waals surface area contributed by atoms with Gasteiger partial charge in [-0.05, 0) is 104 Å². The lowest BCUT2D eigenvalue weighted by molar-refractivity contribution is 0.0169. The van der Waals surface area contributed by atoms with E-state index in [2.05, 4.69) is 32.1 Å². The van der Waals surface area contributed by atoms with Gasteiger partial charge < -0.3 is 24.6 Å². The SMILES string of the molecule is COC(=O)c1c(-c2cnn(CC34CC5CCC(CC(C5)C3)C4)c2C)ccn2c(Nc3ccc(N4CCN(C(=O)OCc5ccccc5)CC4)cc3C(=O)Nc3nc4ccccc4s3)cnc12. The van der Waals surface area contributed by atoms with Gasteiger partial charge in [0.1, 0.15) is 18.0 Å². The monoisotopic (exact) mass is 903 g/mol. The van der Waals surface area contributed by atoms with Crippen LogP contribution in [0.3, 0.4) is 0 Å². The van der Waals surface area contributed by atoms with Crippen molar-refractivity contribution < 1.29 is 23.9 Å². The number of esters is 1. The highest BCUT2D eigenvalue weighted by molar-refractivity contribution is 7.22. The first kappa shape index (κ1) is 41.9. The molecule has 5 fully saturated rings. The second kappa shape index (κ2) is 17.2. The number of pyridine rings is 1. The Balaban J connectivity index is 0.870. The number of ether oxygens (including phenoxy) is 2. The Hall–Kier alpha value is -6.74. The van der Waals surface area contributed by atoms with E-state index in [-0.39, 0.29) is 24.0 Å². The number of amides is 2. The minimum Gasteiger partial charge on any atom is -0.465 e. The lowest BCUT2D eigenvalue weighted by atomic mass is 9.58. The first-order valence-electron chi connectivity index (χ1n) is 23.1. The molecule has 15 heteroatoms. The third-order valence-electron chi connectivity index (χ3n) is 14.6. The zero-order valence-corrected chi connectivity index (χ0v) is 38.1. The van der Waals surface area contributed by atoms with Gasteiger partial charge in [-0.2, -0.15) is 5.10 Å². The number of benzene rings is 3. The average Bonchev–Trinajstić information content (AvgIpc) is 4.00. The van der Waals surface area contributed by atoms with Crippen molar-refractivity contribution in [1.82, 2.24) is 29.0 Å². The van der Waals surface area contributed by atoms with Crippen molar-refractivity contribution in [1.29, 1.82) is 0 Å². The lowest BCUT2D eigenvalue weighted by Gasteiger charge is -2.48. The Morgan fingerprint density at radius 2 is 1.62 bits per heavy atom. The first-order valence-corrected chi connectivity index (χ1v) is 23.9. The maximum Gasteiger partial charge on any atom is 0.410 e. The van der Waals surface area contributed by atoms with E-state index >= 15 is 0 Å². The van der Waals surface area contributed by atoms with E-state index < -0.39 is 5.97 Å². The number of rotatable bonds is 11. The summed E-state index contributed by atoms with van der Waals surface area (Å²) >= 11 is 1.41. The Labute approximate surface area is 386 Å². The normalized spacial score (nSPS) is 21.3. The third kappa shape index (κ3) is 8.03. The number of fused-ring (bicyclic) bond motifs is 3. The molecule has 1 aliphatic heterocycles. The molecule has 4 saturated carbocycles. The number of anilines is 4. The highest BCUT2D eigenvalue weighted by Gasteiger charge is 2.49. The van der Waals surface area contributed by atoms with E-state index in [0.717, 1.165) is 57.0 Å². The maximum atomic E-state index is 14.3. The number of thiazole rings is 1. The number of nitrogens with one attached hydrogen (secondary N) is 2. The van der Waals surface area contributed by atoms with Crippen molar-refractivity contribution in [3.8, 4) is 11.1 Å². The fraction of sp³-hybridized carbons (Fsp3) is 0.373. The van der Waals surface area contributed by atoms with Crippen molar-refractivity contribution in [2.75, 3.05) is 48.8 Å². The van der Waals surface area contributed by atoms with Crippen LogP contribution in [-0.4, -0.2) is 80.3 Å². The first-order chi connectivity index (χ1) is 32.2. The molecule has 4 aromatic heterocycles. The van der Waals surface area contributed by atoms with Crippen LogP contribution in [0.25, 0.3) is 27.0 Å². The molecule has 4 bridgehead atoms. The molecule has 4 aliphatic carbocycles. The number of methoxy groups -OCH3 is 1. The van der Waals surface area contributed by atoms with Crippen LogP contribution in [0.15, 0.2) is 97.5 Å². The molecule has 5 heterocycles. The fourth-order valence-corrected chi connectivity index (χ4v) is 12.5. The van der Waals surface area contributed by atoms with Crippen LogP contribution >= 0.6 is 11.3 Å². The molecule has 1 saturated heterocycles. The van der Waals surface area contributed by atoms with Crippen LogP contribution in [0.2, 0.25) is 0 Å². The molecule has 2 amide bonds. The van der Waals surface area contributed by atoms with E-state index in [9.17, 15) is 14.4 Å². The van der Waals surface area contributed by atoms with Gasteiger partial charge in [0.25, 0.3) is 5.91 Å². The quantitative estimate of drug-likeness (QED) is 0.120. The molecule has 2 N–H and O–H groups in total. The number of carbonyl (C=O) groups is 3. The molecule has 14 nitrogen and oxygen atoms in total. The fourth-order valence-electron chi connectivity index (χ4n) is 11.6. The highest BCUT2D eigenvalue weighted by Crippen LogP contribution is 2.58. The highest BCUT2D eigenvalue weighted by atomic mass is 32.1. The number of para-hydroxylation sites is 1. The van der Waals surface area contributed by atoms with Gasteiger partial charge in [-0.1, -0.05) is 66.6 Å². The van der Waals surface area contributed by atoms with Crippen molar-refractivity contribution >= 4 is 67.5 Å². The summed E-state index contributed by atoms with van der Waals surface area (Å²) in [4.78, 5) is 54.4. The van der Waals surface area contributed by atoms with Crippen LogP contribution in [0.5, 0.6) is 0 Å². The summed E-state index contributed by atoms with van der Waals surface area (Å²) in [6, 6.07) is 25.0. The second-order valence-electron chi connectivity index (χ2n) is 18.8. The minimum absolute atomic E-state index is 0.214. The van der Waals surface area contributed by atoms with E-state index in [0.29, 0.717) is 65.2 Å². The number of nitrogens with zero attached hydrogens (tertiary/aromatic N) is 7. The van der Waals surface area contributed by atoms with Crippen molar-refractivity contribution in [2.45, 2.75) is 65.0 Å². The molecule has 0 spiro atoms. The summed E-state index contributed by atoms with van der Waals surface area (Å²) in [7, 11) is 1.39. The smallest absolute Gasteiger partial charge is 0.410 e. The number of piperazine rings is 1. The zero-order chi connectivity index (χ0) is 44.9. The average molecular weight is 904 g/mol. The van der Waals surface area contributed by atoms with Gasteiger partial charge in [-0.3, -0.25) is 19.2 Å². The summed E-state index contributed by atoms with van der Waals surface area (Å²) < 4.78 is 16.0. The van der Waals surface area contributed by atoms with E-state index in [1.54, 1.807) is 11.1 Å². The third-order valence-corrected chi connectivity index (χ3v) is 15.5. The Bertz CT molecular complexity index is 2920. The molecule has 7 aromatic rings. The van der Waals surface area contributed by atoms with Crippen LogP contribution in [0, 0.1) is 30.1 Å². The number of hydrogen-bond donors (Lipinski definition) is 2. The van der Waals surface area contributed by atoms with E-state index in [1.165, 1.54) is 63.4 Å². The molecule has 0 radical (unpaired) electrons. The van der Waals surface area contributed by atoms with Crippen LogP contribution in [0.4, 0.5) is 27.1 Å². The van der Waals surface area contributed by atoms with Crippen molar-refractivity contribution in [3.63, 3.8) is 0 Å². The molecule has 3 aromatic carbocycles. The standard InChI is InChI=1S/C51H53N9O5S/c1-32-40(28-53-60(32)31-51-25-34-12-13-35(26-51)23-36(22-34)27-51)38-16-17-59-44(29-52-46(59)45(38)48(62)64-2)54-41-15-14-37(24-39(41)47(61)56-49-55-42-10-6-7-11-43(42)66-49)57-18-20-58(21-19-57)50(63)65-30-33-8-4-3-5-9-33/h3-11,14-17,24,28-29,34-36,54H,12-13,18-23,25-27,30-31H2,1-2H3,(H,55,56,61). The largest absolute Gasteiger partial charge is 0.465 e. The van der Waals surface area contributed by atoms with Crippen molar-refractivity contribution in [2.24, 2.45) is 23.2 Å². The van der Waals surface area contributed by atoms with Gasteiger partial charge in [-0.15, -0.1) is 0 Å². The molecule has 2 atom stereocenters. The predicted molar refractivity (Wildman–Crippen MR) is 255 cm³/mol. The van der Waals surface area contributed by atoms with Gasteiger partial charge in [0.05, 0.1) is 41.0 Å². The van der Waals surface area contributed by atoms with Gasteiger partial charge in [0.2, 0.25) is 0 Å². The van der Waals surface area contributed by atoms with Gasteiger partial charge in [0, 0.05) is 61.4 Å². The molecular weight excluding hydrogens is 851 g/mol. The summed E-state index contributed by atoms with van der Waals surface area (Å²) in [6.45, 7) is 5.27. The minimum atomic E-state index is -0.498. The molecular formula is C51H53N9O5S. The van der Waals surface area contributed by atoms with Crippen LogP contribution < -0.4 is 15.5 Å². The molecule has 66 heavy (non-hydrogen) atoms. The second-order valence-corrected chi connectivity index (χ2v) is 19.8. The predicted octanol–water partition coefficient (Wildman–Crippen LogP) is 9.96. The van der Waals surface area contributed by atoms with E-state index in [4.69, 9.17) is 19.6 Å². The molecule has 5 aliphatic rings. The number of aromatic nitrogens is 5. The maximum absolute atomic E-state index is 14.3. The zero-order valence-electron chi connectivity index (χ0n) is 37.2. The Kier molecular flexibility index (Phi) is 11.0. The van der Waals surface area contributed by atoms with Gasteiger partial charge in [0.15, 0.2) is 10.8 Å². The lowest BCUT2D eigenvalue weighted by Crippen LogP contribution is -2.49. The summed E-state index contributed by atoms with van der Waals surface area (Å²) in [5.74, 6) is 2.21. The van der Waals surface area contributed by atoms with Crippen molar-refractivity contribution in [3.05, 3.63) is 120 Å². The Morgan fingerprint density at radius 1 is 0.864 bits per heavy atom. The molecule has 2 unspecified atom stereocenters. The summed E-state index contributed by atoms with van der Waals surface area (Å²) in [6.07, 6.45) is 14.5. The van der Waals surface area contributed by atoms with Gasteiger partial charge in [-0.25, -0.2) is 19.6 Å². The molecule has 338 valence electrons. The number of carbonyl (C=O) groups excluding carboxylic acids is 3. The van der Waals surface area contributed by atoms with Crippen LogP contribution in [0.1, 0.15) is 76.9 Å². The molecule has 12 rings (SSSR count). The van der Waals surface area contributed by atoms with Crippen LogP contribution in [-0.2, 0) is 22.6 Å². The summed E-state index contributed by atoms with van der Waals surface area (Å²) in [5.41, 5.74) is 7.15. The van der Waals surface area contributed by atoms with Gasteiger partial charge >= 0.3 is 12.1 Å². The number of hydrogen-bond acceptors (Lipinski definition) is 11. The van der Waals surface area contributed by atoms with E-state index in [1.807, 2.05) is 95.7 Å². The summed E-state index contributed by atoms with van der Waals surface area (Å²) in [5, 5.41) is 12.0.